The first-order chi connectivity index (χ1) is 7.75. The largest absolute Gasteiger partial charge is 0.465 e. The SMILES string of the molecule is O=[N+]([O-])c1ccc(OC2CCCCO2)cc1. The van der Waals surface area contributed by atoms with Crippen molar-refractivity contribution in [2.45, 2.75) is 25.6 Å². The molecule has 0 N–H and O–H groups in total. The molecule has 0 radical (unpaired) electrons. The van der Waals surface area contributed by atoms with E-state index < -0.39 is 4.92 Å². The normalized spacial score (nSPS) is 20.4. The highest BCUT2D eigenvalue weighted by molar-refractivity contribution is 5.35. The van der Waals surface area contributed by atoms with E-state index in [2.05, 4.69) is 0 Å². The van der Waals surface area contributed by atoms with Gasteiger partial charge in [-0.2, -0.15) is 0 Å². The van der Waals surface area contributed by atoms with Gasteiger partial charge in [0.05, 0.1) is 11.5 Å². The van der Waals surface area contributed by atoms with E-state index in [-0.39, 0.29) is 12.0 Å². The number of hydrogen-bond acceptors (Lipinski definition) is 4. The van der Waals surface area contributed by atoms with E-state index in [4.69, 9.17) is 9.47 Å². The van der Waals surface area contributed by atoms with Crippen LogP contribution in [0.25, 0.3) is 0 Å². The van der Waals surface area contributed by atoms with Gasteiger partial charge in [0.15, 0.2) is 6.29 Å². The molecule has 0 aromatic heterocycles. The molecule has 2 rings (SSSR count). The van der Waals surface area contributed by atoms with Crippen molar-refractivity contribution in [3.05, 3.63) is 34.4 Å². The molecule has 1 heterocycles. The van der Waals surface area contributed by atoms with Gasteiger partial charge >= 0.3 is 0 Å². The van der Waals surface area contributed by atoms with Crippen LogP contribution in [0.4, 0.5) is 5.69 Å². The number of benzene rings is 1. The average molecular weight is 223 g/mol. The van der Waals surface area contributed by atoms with Gasteiger partial charge in [-0.15, -0.1) is 0 Å². The molecule has 5 nitrogen and oxygen atoms in total. The fraction of sp³-hybridized carbons (Fsp3) is 0.455. The second-order valence-electron chi connectivity index (χ2n) is 3.66. The van der Waals surface area contributed by atoms with E-state index in [1.165, 1.54) is 12.1 Å². The number of hydrogen-bond donors (Lipinski definition) is 0. The first kappa shape index (κ1) is 10.9. The molecule has 1 saturated heterocycles. The predicted molar refractivity (Wildman–Crippen MR) is 57.3 cm³/mol. The van der Waals surface area contributed by atoms with Crippen molar-refractivity contribution in [2.75, 3.05) is 6.61 Å². The molecule has 5 heteroatoms. The second-order valence-corrected chi connectivity index (χ2v) is 3.66. The van der Waals surface area contributed by atoms with Crippen LogP contribution in [0.2, 0.25) is 0 Å². The summed E-state index contributed by atoms with van der Waals surface area (Å²) in [4.78, 5) is 10.0. The summed E-state index contributed by atoms with van der Waals surface area (Å²) < 4.78 is 10.9. The lowest BCUT2D eigenvalue weighted by molar-refractivity contribution is -0.384. The Labute approximate surface area is 93.1 Å². The third-order valence-electron chi connectivity index (χ3n) is 2.45. The molecule has 1 unspecified atom stereocenters. The monoisotopic (exact) mass is 223 g/mol. The van der Waals surface area contributed by atoms with Gasteiger partial charge in [0.25, 0.3) is 5.69 Å². The molecule has 1 fully saturated rings. The topological polar surface area (TPSA) is 61.6 Å². The molecule has 1 aliphatic heterocycles. The highest BCUT2D eigenvalue weighted by Crippen LogP contribution is 2.21. The lowest BCUT2D eigenvalue weighted by Gasteiger charge is -2.23. The molecule has 1 aromatic rings. The smallest absolute Gasteiger partial charge is 0.269 e. The summed E-state index contributed by atoms with van der Waals surface area (Å²) in [6, 6.07) is 6.04. The van der Waals surface area contributed by atoms with Crippen LogP contribution >= 0.6 is 0 Å². The fourth-order valence-electron chi connectivity index (χ4n) is 1.60. The zero-order valence-electron chi connectivity index (χ0n) is 8.80. The Morgan fingerprint density at radius 2 is 2.06 bits per heavy atom. The number of nitrogens with zero attached hydrogens (tertiary/aromatic N) is 1. The van der Waals surface area contributed by atoms with Crippen molar-refractivity contribution in [3.63, 3.8) is 0 Å². The first-order valence-electron chi connectivity index (χ1n) is 5.28. The highest BCUT2D eigenvalue weighted by Gasteiger charge is 2.15. The molecule has 1 aliphatic rings. The molecule has 1 atom stereocenters. The molecule has 0 bridgehead atoms. The fourth-order valence-corrected chi connectivity index (χ4v) is 1.60. The Morgan fingerprint density at radius 1 is 1.31 bits per heavy atom. The first-order valence-corrected chi connectivity index (χ1v) is 5.28. The van der Waals surface area contributed by atoms with Crippen LogP contribution in [-0.4, -0.2) is 17.8 Å². The van der Waals surface area contributed by atoms with Gasteiger partial charge in [0, 0.05) is 18.6 Å². The Balaban J connectivity index is 1.96. The van der Waals surface area contributed by atoms with Crippen molar-refractivity contribution in [1.29, 1.82) is 0 Å². The van der Waals surface area contributed by atoms with E-state index in [0.29, 0.717) is 5.75 Å². The highest BCUT2D eigenvalue weighted by atomic mass is 16.7. The standard InChI is InChI=1S/C11H13NO4/c13-12(14)9-4-6-10(7-5-9)16-11-3-1-2-8-15-11/h4-7,11H,1-3,8H2. The molecule has 0 spiro atoms. The van der Waals surface area contributed by atoms with Crippen LogP contribution in [0.1, 0.15) is 19.3 Å². The van der Waals surface area contributed by atoms with Crippen molar-refractivity contribution in [1.82, 2.24) is 0 Å². The van der Waals surface area contributed by atoms with Gasteiger partial charge in [-0.1, -0.05) is 0 Å². The molecule has 86 valence electrons. The number of rotatable bonds is 3. The van der Waals surface area contributed by atoms with Crippen molar-refractivity contribution in [2.24, 2.45) is 0 Å². The average Bonchev–Trinajstić information content (AvgIpc) is 2.31. The van der Waals surface area contributed by atoms with Crippen LogP contribution in [0.5, 0.6) is 5.75 Å². The van der Waals surface area contributed by atoms with E-state index >= 15 is 0 Å². The van der Waals surface area contributed by atoms with Crippen LogP contribution < -0.4 is 4.74 Å². The summed E-state index contributed by atoms with van der Waals surface area (Å²) in [5.41, 5.74) is 0.0666. The Morgan fingerprint density at radius 3 is 2.62 bits per heavy atom. The predicted octanol–water partition coefficient (Wildman–Crippen LogP) is 2.50. The van der Waals surface area contributed by atoms with E-state index in [1.54, 1.807) is 12.1 Å². The lowest BCUT2D eigenvalue weighted by atomic mass is 10.2. The Kier molecular flexibility index (Phi) is 3.36. The molecule has 16 heavy (non-hydrogen) atoms. The minimum Gasteiger partial charge on any atom is -0.465 e. The number of nitro groups is 1. The summed E-state index contributed by atoms with van der Waals surface area (Å²) >= 11 is 0. The summed E-state index contributed by atoms with van der Waals surface area (Å²) in [5.74, 6) is 0.609. The third kappa shape index (κ3) is 2.70. The van der Waals surface area contributed by atoms with Crippen molar-refractivity contribution < 1.29 is 14.4 Å². The minimum atomic E-state index is -0.430. The molecule has 0 aliphatic carbocycles. The van der Waals surface area contributed by atoms with Gasteiger partial charge in [-0.05, 0) is 25.0 Å². The van der Waals surface area contributed by atoms with Gasteiger partial charge in [-0.3, -0.25) is 10.1 Å². The number of nitro benzene ring substituents is 1. The van der Waals surface area contributed by atoms with Crippen LogP contribution in [-0.2, 0) is 4.74 Å². The lowest BCUT2D eigenvalue weighted by Crippen LogP contribution is -2.24. The summed E-state index contributed by atoms with van der Waals surface area (Å²) in [7, 11) is 0. The summed E-state index contributed by atoms with van der Waals surface area (Å²) in [6.45, 7) is 0.720. The zero-order chi connectivity index (χ0) is 11.4. The molecule has 0 saturated carbocycles. The molecule has 0 amide bonds. The maximum absolute atomic E-state index is 10.4. The molecule has 1 aromatic carbocycles. The maximum Gasteiger partial charge on any atom is 0.269 e. The van der Waals surface area contributed by atoms with E-state index in [1.807, 2.05) is 0 Å². The zero-order valence-corrected chi connectivity index (χ0v) is 8.80. The maximum atomic E-state index is 10.4. The number of ether oxygens (including phenoxy) is 2. The Bertz CT molecular complexity index is 357. The summed E-state index contributed by atoms with van der Waals surface area (Å²) in [6.07, 6.45) is 2.82. The summed E-state index contributed by atoms with van der Waals surface area (Å²) in [5, 5.41) is 10.4. The van der Waals surface area contributed by atoms with Crippen LogP contribution in [0.3, 0.4) is 0 Å². The van der Waals surface area contributed by atoms with E-state index in [0.717, 1.165) is 25.9 Å². The molecular weight excluding hydrogens is 210 g/mol. The van der Waals surface area contributed by atoms with Gasteiger partial charge < -0.3 is 9.47 Å². The minimum absolute atomic E-state index is 0.0666. The number of non-ortho nitro benzene ring substituents is 1. The molecular formula is C11H13NO4. The van der Waals surface area contributed by atoms with Gasteiger partial charge in [0.1, 0.15) is 5.75 Å². The second kappa shape index (κ2) is 4.94. The Hall–Kier alpha value is -1.62. The van der Waals surface area contributed by atoms with E-state index in [9.17, 15) is 10.1 Å². The van der Waals surface area contributed by atoms with Crippen molar-refractivity contribution >= 4 is 5.69 Å². The van der Waals surface area contributed by atoms with Gasteiger partial charge in [-0.25, -0.2) is 0 Å². The van der Waals surface area contributed by atoms with Crippen LogP contribution in [0, 0.1) is 10.1 Å². The van der Waals surface area contributed by atoms with Gasteiger partial charge in [0.2, 0.25) is 0 Å². The van der Waals surface area contributed by atoms with Crippen molar-refractivity contribution in [3.8, 4) is 5.75 Å². The van der Waals surface area contributed by atoms with Crippen LogP contribution in [0.15, 0.2) is 24.3 Å². The quantitative estimate of drug-likeness (QED) is 0.583. The third-order valence-corrected chi connectivity index (χ3v) is 2.45.